The maximum absolute atomic E-state index is 11.0. The number of aromatic nitrogens is 1. The fourth-order valence-corrected chi connectivity index (χ4v) is 5.60. The number of hydrogen-bond donors (Lipinski definition) is 5. The summed E-state index contributed by atoms with van der Waals surface area (Å²) in [6.45, 7) is 6.11. The molecule has 6 rings (SSSR count). The van der Waals surface area contributed by atoms with E-state index in [0.717, 1.165) is 36.0 Å². The number of carbonyl (C=O) groups is 4. The van der Waals surface area contributed by atoms with E-state index in [-0.39, 0.29) is 6.04 Å². The Morgan fingerprint density at radius 2 is 1.45 bits per heavy atom. The number of aliphatic hydroxyl groups is 1. The lowest BCUT2D eigenvalue weighted by Gasteiger charge is -2.50. The second-order valence-electron chi connectivity index (χ2n) is 9.77. The van der Waals surface area contributed by atoms with Crippen molar-refractivity contribution in [2.24, 2.45) is 11.8 Å². The highest BCUT2D eigenvalue weighted by Crippen LogP contribution is 2.41. The molecule has 1 unspecified atom stereocenters. The summed E-state index contributed by atoms with van der Waals surface area (Å²) in [5, 5.41) is 47.1. The van der Waals surface area contributed by atoms with Gasteiger partial charge in [0.1, 0.15) is 0 Å². The number of para-hydroxylation sites is 1. The number of piperidine rings is 3. The van der Waals surface area contributed by atoms with Gasteiger partial charge in [-0.2, -0.15) is 0 Å². The van der Waals surface area contributed by atoms with Gasteiger partial charge in [0.2, 0.25) is 0 Å². The molecule has 40 heavy (non-hydrogen) atoms. The van der Waals surface area contributed by atoms with Crippen LogP contribution in [0.4, 0.5) is 0 Å². The Hall–Kier alpha value is -4.61. The van der Waals surface area contributed by atoms with Crippen LogP contribution in [0.15, 0.2) is 61.3 Å². The second-order valence-corrected chi connectivity index (χ2v) is 9.77. The fraction of sp³-hybridized carbons (Fsp3) is 0.276. The van der Waals surface area contributed by atoms with Crippen LogP contribution in [0.25, 0.3) is 10.9 Å². The van der Waals surface area contributed by atoms with Crippen molar-refractivity contribution in [2.75, 3.05) is 13.1 Å². The van der Waals surface area contributed by atoms with Gasteiger partial charge < -0.3 is 25.5 Å². The molecule has 11 nitrogen and oxygen atoms in total. The summed E-state index contributed by atoms with van der Waals surface area (Å²) in [5.41, 5.74) is -1.18. The van der Waals surface area contributed by atoms with Crippen LogP contribution >= 0.6 is 0 Å². The summed E-state index contributed by atoms with van der Waals surface area (Å²) in [5.74, 6) is -5.38. The third-order valence-corrected chi connectivity index (χ3v) is 7.60. The molecule has 208 valence electrons. The van der Waals surface area contributed by atoms with Crippen LogP contribution in [0.3, 0.4) is 0 Å². The van der Waals surface area contributed by atoms with E-state index < -0.39 is 52.2 Å². The quantitative estimate of drug-likeness (QED) is 0.271. The van der Waals surface area contributed by atoms with Crippen LogP contribution in [0.2, 0.25) is 0 Å². The smallest absolute Gasteiger partial charge is 0.336 e. The molecule has 3 aromatic rings. The summed E-state index contributed by atoms with van der Waals surface area (Å²) in [4.78, 5) is 50.0. The average Bonchev–Trinajstić information content (AvgIpc) is 2.95. The summed E-state index contributed by atoms with van der Waals surface area (Å²) in [6, 6.07) is 11.3. The highest BCUT2D eigenvalue weighted by molar-refractivity contribution is 6.09. The predicted molar refractivity (Wildman–Crippen MR) is 143 cm³/mol. The Bertz CT molecular complexity index is 1400. The zero-order valence-electron chi connectivity index (χ0n) is 21.3. The maximum Gasteiger partial charge on any atom is 0.336 e. The van der Waals surface area contributed by atoms with Gasteiger partial charge in [-0.1, -0.05) is 24.3 Å². The normalized spacial score (nSPS) is 22.0. The van der Waals surface area contributed by atoms with Gasteiger partial charge in [0.15, 0.2) is 0 Å². The highest BCUT2D eigenvalue weighted by atomic mass is 16.4. The molecule has 1 aromatic heterocycles. The van der Waals surface area contributed by atoms with Gasteiger partial charge >= 0.3 is 23.9 Å². The van der Waals surface area contributed by atoms with Crippen LogP contribution < -0.4 is 0 Å². The lowest BCUT2D eigenvalue weighted by atomic mass is 9.73. The molecule has 4 heterocycles. The van der Waals surface area contributed by atoms with Gasteiger partial charge in [-0.3, -0.25) is 9.88 Å². The molecular weight excluding hydrogens is 520 g/mol. The summed E-state index contributed by atoms with van der Waals surface area (Å²) >= 11 is 0. The van der Waals surface area contributed by atoms with E-state index in [0.29, 0.717) is 24.0 Å². The van der Waals surface area contributed by atoms with Gasteiger partial charge in [0, 0.05) is 24.2 Å². The van der Waals surface area contributed by atoms with Crippen LogP contribution in [0.1, 0.15) is 65.9 Å². The fourth-order valence-electron chi connectivity index (χ4n) is 5.60. The Balaban J connectivity index is 0.000000190. The van der Waals surface area contributed by atoms with Crippen molar-refractivity contribution in [1.29, 1.82) is 0 Å². The number of pyridine rings is 1. The van der Waals surface area contributed by atoms with Crippen molar-refractivity contribution in [3.8, 4) is 0 Å². The molecule has 5 N–H and O–H groups in total. The SMILES string of the molecule is C=C[C@H]1CN2CC[C@H]1C[C@H]2[C@H](O)c1ccnc2ccccc12.O=C(O)c1cc(C(=O)O)c(C(=O)O)cc1C(=O)O. The third kappa shape index (κ3) is 5.56. The third-order valence-electron chi connectivity index (χ3n) is 7.60. The molecule has 3 aliphatic rings. The molecule has 2 aromatic carbocycles. The molecule has 3 aliphatic heterocycles. The zero-order chi connectivity index (χ0) is 29.1. The van der Waals surface area contributed by atoms with Gasteiger partial charge in [0.25, 0.3) is 0 Å². The van der Waals surface area contributed by atoms with E-state index in [1.54, 1.807) is 0 Å². The number of aromatic carboxylic acids is 4. The second kappa shape index (κ2) is 11.6. The van der Waals surface area contributed by atoms with Crippen LogP contribution in [0, 0.1) is 11.8 Å². The Morgan fingerprint density at radius 1 is 0.900 bits per heavy atom. The first kappa shape index (κ1) is 28.4. The number of carboxylic acid groups (broad SMARTS) is 4. The first-order valence-corrected chi connectivity index (χ1v) is 12.5. The minimum absolute atomic E-state index is 0.223. The summed E-state index contributed by atoms with van der Waals surface area (Å²) < 4.78 is 0. The van der Waals surface area contributed by atoms with E-state index in [2.05, 4.69) is 28.6 Å². The predicted octanol–water partition coefficient (Wildman–Crippen LogP) is 3.64. The summed E-state index contributed by atoms with van der Waals surface area (Å²) in [7, 11) is 0. The minimum atomic E-state index is -1.66. The standard InChI is InChI=1S/C19H22N2O.C10H6O8/c1-2-13-12-21-10-8-14(13)11-18(21)19(22)16-7-9-20-17-6-4-3-5-15(16)17;11-7(12)3-1-4(8(13)14)6(10(17)18)2-5(3)9(15)16/h2-7,9,13-14,18-19,22H,1,8,10-12H2;1-2H,(H,11,12)(H,13,14)(H,15,16)(H,17,18)/t13-,14-,18-,19+;/m0./s1. The molecular formula is C29H28N2O9. The lowest BCUT2D eigenvalue weighted by Crippen LogP contribution is -2.54. The van der Waals surface area contributed by atoms with E-state index in [9.17, 15) is 24.3 Å². The van der Waals surface area contributed by atoms with Gasteiger partial charge in [-0.25, -0.2) is 19.2 Å². The first-order valence-electron chi connectivity index (χ1n) is 12.5. The molecule has 3 saturated heterocycles. The first-order chi connectivity index (χ1) is 19.0. The molecule has 0 aliphatic carbocycles. The Morgan fingerprint density at radius 3 is 1.93 bits per heavy atom. The largest absolute Gasteiger partial charge is 0.478 e. The lowest BCUT2D eigenvalue weighted by molar-refractivity contribution is -0.0444. The average molecular weight is 549 g/mol. The number of carboxylic acids is 4. The van der Waals surface area contributed by atoms with E-state index in [1.807, 2.05) is 30.5 Å². The topological polar surface area (TPSA) is 186 Å². The number of fused-ring (bicyclic) bond motifs is 4. The molecule has 5 atom stereocenters. The monoisotopic (exact) mass is 548 g/mol. The Kier molecular flexibility index (Phi) is 8.26. The molecule has 0 amide bonds. The highest BCUT2D eigenvalue weighted by Gasteiger charge is 2.42. The number of nitrogens with zero attached hydrogens (tertiary/aromatic N) is 2. The number of aliphatic hydroxyl groups excluding tert-OH is 1. The van der Waals surface area contributed by atoms with Crippen molar-refractivity contribution in [3.05, 3.63) is 89.1 Å². The van der Waals surface area contributed by atoms with E-state index >= 15 is 0 Å². The van der Waals surface area contributed by atoms with E-state index in [4.69, 9.17) is 20.4 Å². The van der Waals surface area contributed by atoms with Crippen molar-refractivity contribution in [1.82, 2.24) is 9.88 Å². The number of rotatable bonds is 7. The zero-order valence-corrected chi connectivity index (χ0v) is 21.3. The molecule has 11 heteroatoms. The van der Waals surface area contributed by atoms with Crippen LogP contribution in [0.5, 0.6) is 0 Å². The van der Waals surface area contributed by atoms with Crippen molar-refractivity contribution in [3.63, 3.8) is 0 Å². The number of benzene rings is 2. The van der Waals surface area contributed by atoms with E-state index in [1.165, 1.54) is 6.42 Å². The van der Waals surface area contributed by atoms with Gasteiger partial charge in [-0.15, -0.1) is 6.58 Å². The van der Waals surface area contributed by atoms with Crippen molar-refractivity contribution >= 4 is 34.8 Å². The van der Waals surface area contributed by atoms with Crippen molar-refractivity contribution in [2.45, 2.75) is 25.0 Å². The minimum Gasteiger partial charge on any atom is -0.478 e. The molecule has 2 bridgehead atoms. The van der Waals surface area contributed by atoms with Gasteiger partial charge in [-0.05, 0) is 61.1 Å². The molecule has 0 radical (unpaired) electrons. The summed E-state index contributed by atoms with van der Waals surface area (Å²) in [6.07, 6.45) is 5.76. The van der Waals surface area contributed by atoms with Crippen LogP contribution in [-0.2, 0) is 0 Å². The van der Waals surface area contributed by atoms with Crippen molar-refractivity contribution < 1.29 is 44.7 Å². The maximum atomic E-state index is 11.0. The molecule has 0 spiro atoms. The number of hydrogen-bond acceptors (Lipinski definition) is 7. The van der Waals surface area contributed by atoms with Crippen LogP contribution in [-0.4, -0.2) is 78.4 Å². The molecule has 3 fully saturated rings. The Labute approximate surface area is 228 Å². The molecule has 0 saturated carbocycles. The van der Waals surface area contributed by atoms with Gasteiger partial charge in [0.05, 0.1) is 33.9 Å².